The largest absolute Gasteiger partial charge is 0.493 e. The molecular weight excluding hydrogens is 296 g/mol. The minimum atomic E-state index is -0.373. The number of fused-ring (bicyclic) bond motifs is 1. The summed E-state index contributed by atoms with van der Waals surface area (Å²) >= 11 is 0. The van der Waals surface area contributed by atoms with Crippen LogP contribution in [-0.2, 0) is 0 Å². The molecule has 1 aliphatic heterocycles. The van der Waals surface area contributed by atoms with Gasteiger partial charge in [-0.05, 0) is 24.6 Å². The molecule has 23 heavy (non-hydrogen) atoms. The fourth-order valence-electron chi connectivity index (χ4n) is 2.76. The van der Waals surface area contributed by atoms with Crippen LogP contribution in [0.15, 0.2) is 29.7 Å². The van der Waals surface area contributed by atoms with Crippen LogP contribution in [0.5, 0.6) is 17.4 Å². The lowest BCUT2D eigenvalue weighted by atomic mass is 9.84. The van der Waals surface area contributed by atoms with Crippen molar-refractivity contribution in [2.75, 3.05) is 14.2 Å². The summed E-state index contributed by atoms with van der Waals surface area (Å²) < 4.78 is 16.1. The number of aromatic amines is 1. The first-order valence-electron chi connectivity index (χ1n) is 6.95. The van der Waals surface area contributed by atoms with Gasteiger partial charge < -0.3 is 19.9 Å². The fraction of sp³-hybridized carbons (Fsp3) is 0.250. The number of aryl methyl sites for hydroxylation is 1. The molecule has 1 aromatic heterocycles. The number of aromatic nitrogens is 2. The van der Waals surface area contributed by atoms with Gasteiger partial charge in [0.05, 0.1) is 20.1 Å². The Kier molecular flexibility index (Phi) is 3.58. The molecule has 0 radical (unpaired) electrons. The van der Waals surface area contributed by atoms with E-state index in [2.05, 4.69) is 16.3 Å². The molecule has 0 saturated heterocycles. The van der Waals surface area contributed by atoms with Gasteiger partial charge in [0.2, 0.25) is 11.8 Å². The van der Waals surface area contributed by atoms with Crippen LogP contribution in [0.3, 0.4) is 0 Å². The van der Waals surface area contributed by atoms with E-state index < -0.39 is 0 Å². The van der Waals surface area contributed by atoms with E-state index in [0.29, 0.717) is 23.0 Å². The van der Waals surface area contributed by atoms with Gasteiger partial charge in [-0.15, -0.1) is 5.10 Å². The second kappa shape index (κ2) is 5.57. The van der Waals surface area contributed by atoms with Gasteiger partial charge in [0.15, 0.2) is 11.5 Å². The number of rotatable bonds is 3. The number of nitrogens with two attached hydrogens (primary N) is 1. The van der Waals surface area contributed by atoms with Crippen LogP contribution >= 0.6 is 0 Å². The maximum absolute atomic E-state index is 9.52. The average molecular weight is 312 g/mol. The number of hydrogen-bond donors (Lipinski definition) is 2. The lowest BCUT2D eigenvalue weighted by molar-refractivity contribution is 0.354. The summed E-state index contributed by atoms with van der Waals surface area (Å²) in [5.74, 6) is 1.27. The Labute approximate surface area is 133 Å². The van der Waals surface area contributed by atoms with E-state index in [1.54, 1.807) is 20.3 Å². The van der Waals surface area contributed by atoms with Crippen molar-refractivity contribution >= 4 is 0 Å². The van der Waals surface area contributed by atoms with Crippen LogP contribution in [0.2, 0.25) is 0 Å². The summed E-state index contributed by atoms with van der Waals surface area (Å²) in [7, 11) is 3.14. The molecular formula is C16H16N4O3. The molecule has 3 rings (SSSR count). The van der Waals surface area contributed by atoms with E-state index >= 15 is 0 Å². The number of nitriles is 1. The normalized spacial score (nSPS) is 16.3. The summed E-state index contributed by atoms with van der Waals surface area (Å²) in [6.45, 7) is 1.87. The third-order valence-corrected chi connectivity index (χ3v) is 3.87. The minimum Gasteiger partial charge on any atom is -0.493 e. The van der Waals surface area contributed by atoms with E-state index in [1.807, 2.05) is 19.1 Å². The highest BCUT2D eigenvalue weighted by Gasteiger charge is 2.34. The monoisotopic (exact) mass is 312 g/mol. The highest BCUT2D eigenvalue weighted by molar-refractivity contribution is 5.57. The molecule has 7 heteroatoms. The number of methoxy groups -OCH3 is 2. The van der Waals surface area contributed by atoms with Gasteiger partial charge in [0.25, 0.3) is 0 Å². The van der Waals surface area contributed by atoms with E-state index in [-0.39, 0.29) is 11.8 Å². The Morgan fingerprint density at radius 3 is 2.70 bits per heavy atom. The van der Waals surface area contributed by atoms with Crippen LogP contribution in [0.1, 0.15) is 22.7 Å². The van der Waals surface area contributed by atoms with Gasteiger partial charge in [0.1, 0.15) is 11.6 Å². The summed E-state index contributed by atoms with van der Waals surface area (Å²) in [5, 5.41) is 16.5. The van der Waals surface area contributed by atoms with Crippen molar-refractivity contribution in [1.82, 2.24) is 10.2 Å². The molecule has 1 aliphatic rings. The molecule has 2 aromatic rings. The lowest BCUT2D eigenvalue weighted by Gasteiger charge is -2.24. The number of nitrogens with one attached hydrogen (secondary N) is 1. The first kappa shape index (κ1) is 14.8. The van der Waals surface area contributed by atoms with E-state index in [4.69, 9.17) is 19.9 Å². The molecule has 0 spiro atoms. The van der Waals surface area contributed by atoms with Gasteiger partial charge >= 0.3 is 0 Å². The topological polar surface area (TPSA) is 106 Å². The second-order valence-corrected chi connectivity index (χ2v) is 5.11. The predicted molar refractivity (Wildman–Crippen MR) is 82.2 cm³/mol. The van der Waals surface area contributed by atoms with Gasteiger partial charge in [-0.3, -0.25) is 5.10 Å². The quantitative estimate of drug-likeness (QED) is 0.897. The van der Waals surface area contributed by atoms with Crippen molar-refractivity contribution < 1.29 is 14.2 Å². The molecule has 3 N–H and O–H groups in total. The Bertz CT molecular complexity index is 832. The van der Waals surface area contributed by atoms with Gasteiger partial charge in [-0.25, -0.2) is 0 Å². The Morgan fingerprint density at radius 2 is 2.04 bits per heavy atom. The number of nitrogens with zero attached hydrogens (tertiary/aromatic N) is 2. The highest BCUT2D eigenvalue weighted by atomic mass is 16.5. The van der Waals surface area contributed by atoms with Crippen LogP contribution in [0, 0.1) is 18.3 Å². The molecule has 0 saturated carbocycles. The summed E-state index contributed by atoms with van der Waals surface area (Å²) in [6.07, 6.45) is 0. The Balaban J connectivity index is 2.21. The van der Waals surface area contributed by atoms with Crippen LogP contribution in [0.25, 0.3) is 0 Å². The number of hydrogen-bond acceptors (Lipinski definition) is 6. The number of ether oxygens (including phenoxy) is 3. The van der Waals surface area contributed by atoms with E-state index in [0.717, 1.165) is 16.8 Å². The molecule has 0 unspecified atom stereocenters. The van der Waals surface area contributed by atoms with Gasteiger partial charge in [-0.2, -0.15) is 5.26 Å². The summed E-state index contributed by atoms with van der Waals surface area (Å²) in [4.78, 5) is 0. The maximum atomic E-state index is 9.52. The lowest BCUT2D eigenvalue weighted by Crippen LogP contribution is -2.21. The molecule has 1 aromatic carbocycles. The zero-order chi connectivity index (χ0) is 16.6. The molecule has 2 heterocycles. The predicted octanol–water partition coefficient (Wildman–Crippen LogP) is 1.95. The first-order chi connectivity index (χ1) is 11.1. The average Bonchev–Trinajstić information content (AvgIpc) is 2.93. The summed E-state index contributed by atoms with van der Waals surface area (Å²) in [5.41, 5.74) is 8.69. The first-order valence-corrected chi connectivity index (χ1v) is 6.95. The molecule has 0 aliphatic carbocycles. The van der Waals surface area contributed by atoms with Crippen molar-refractivity contribution in [2.45, 2.75) is 12.8 Å². The smallest absolute Gasteiger partial charge is 0.244 e. The third kappa shape index (κ3) is 2.25. The molecule has 7 nitrogen and oxygen atoms in total. The maximum Gasteiger partial charge on any atom is 0.244 e. The van der Waals surface area contributed by atoms with E-state index in [1.165, 1.54) is 0 Å². The second-order valence-electron chi connectivity index (χ2n) is 5.11. The fourth-order valence-corrected chi connectivity index (χ4v) is 2.76. The standard InChI is InChI=1S/C16H16N4O3/c1-8-13-14(9-4-5-11(21-2)12(6-9)22-3)10(7-17)15(18)23-16(13)20-19-8/h4-6,14H,18H2,1-3H3,(H,19,20)/t14-/m0/s1. The van der Waals surface area contributed by atoms with Crippen LogP contribution in [0.4, 0.5) is 0 Å². The van der Waals surface area contributed by atoms with E-state index in [9.17, 15) is 5.26 Å². The Morgan fingerprint density at radius 1 is 1.30 bits per heavy atom. The molecule has 0 fully saturated rings. The highest BCUT2D eigenvalue weighted by Crippen LogP contribution is 2.44. The van der Waals surface area contributed by atoms with Crippen molar-refractivity contribution in [3.63, 3.8) is 0 Å². The zero-order valence-corrected chi connectivity index (χ0v) is 13.0. The van der Waals surface area contributed by atoms with Crippen molar-refractivity contribution in [2.24, 2.45) is 5.73 Å². The molecule has 0 bridgehead atoms. The number of H-pyrrole nitrogens is 1. The zero-order valence-electron chi connectivity index (χ0n) is 13.0. The van der Waals surface area contributed by atoms with Gasteiger partial charge in [0, 0.05) is 11.3 Å². The van der Waals surface area contributed by atoms with Crippen molar-refractivity contribution in [1.29, 1.82) is 5.26 Å². The molecule has 1 atom stereocenters. The van der Waals surface area contributed by atoms with Crippen molar-refractivity contribution in [3.8, 4) is 23.4 Å². The SMILES string of the molecule is COc1ccc([C@H]2C(C#N)=C(N)Oc3n[nH]c(C)c32)cc1OC. The molecule has 118 valence electrons. The van der Waals surface area contributed by atoms with Gasteiger partial charge in [-0.1, -0.05) is 6.07 Å². The number of allylic oxidation sites excluding steroid dienone is 1. The minimum absolute atomic E-state index is 0.0614. The number of benzene rings is 1. The summed E-state index contributed by atoms with van der Waals surface area (Å²) in [6, 6.07) is 7.64. The van der Waals surface area contributed by atoms with Crippen molar-refractivity contribution in [3.05, 3.63) is 46.5 Å². The Hall–Kier alpha value is -3.14. The van der Waals surface area contributed by atoms with Crippen LogP contribution in [-0.4, -0.2) is 24.4 Å². The molecule has 0 amide bonds. The van der Waals surface area contributed by atoms with Crippen LogP contribution < -0.4 is 19.9 Å². The third-order valence-electron chi connectivity index (χ3n) is 3.87.